The highest BCUT2D eigenvalue weighted by Gasteiger charge is 2.48. The van der Waals surface area contributed by atoms with Gasteiger partial charge in [0.25, 0.3) is 0 Å². The van der Waals surface area contributed by atoms with Crippen molar-refractivity contribution in [2.45, 2.75) is 52.8 Å². The summed E-state index contributed by atoms with van der Waals surface area (Å²) >= 11 is 0. The second-order valence-electron chi connectivity index (χ2n) is 6.29. The summed E-state index contributed by atoms with van der Waals surface area (Å²) in [5.74, 6) is 1.60. The summed E-state index contributed by atoms with van der Waals surface area (Å²) in [5, 5.41) is 3.56. The van der Waals surface area contributed by atoms with Gasteiger partial charge >= 0.3 is 0 Å². The van der Waals surface area contributed by atoms with Crippen molar-refractivity contribution in [1.29, 1.82) is 0 Å². The summed E-state index contributed by atoms with van der Waals surface area (Å²) in [6, 6.07) is 4.45. The van der Waals surface area contributed by atoms with E-state index < -0.39 is 0 Å². The fourth-order valence-corrected chi connectivity index (χ4v) is 2.46. The van der Waals surface area contributed by atoms with Crippen LogP contribution in [0.2, 0.25) is 0 Å². The average molecular weight is 251 g/mol. The zero-order valence-corrected chi connectivity index (χ0v) is 11.9. The van der Waals surface area contributed by atoms with Gasteiger partial charge in [-0.25, -0.2) is 0 Å². The van der Waals surface area contributed by atoms with Crippen molar-refractivity contribution >= 4 is 0 Å². The van der Waals surface area contributed by atoms with E-state index in [0.29, 0.717) is 18.1 Å². The molecule has 0 aromatic carbocycles. The van der Waals surface area contributed by atoms with Gasteiger partial charge in [-0.05, 0) is 24.5 Å². The van der Waals surface area contributed by atoms with Crippen molar-refractivity contribution in [1.82, 2.24) is 5.32 Å². The van der Waals surface area contributed by atoms with Crippen LogP contribution < -0.4 is 5.32 Å². The van der Waals surface area contributed by atoms with Gasteiger partial charge in [-0.2, -0.15) is 0 Å². The van der Waals surface area contributed by atoms with E-state index in [1.807, 2.05) is 12.1 Å². The van der Waals surface area contributed by atoms with Gasteiger partial charge in [-0.3, -0.25) is 0 Å². The van der Waals surface area contributed by atoms with Gasteiger partial charge in [0.2, 0.25) is 0 Å². The molecule has 2 rings (SSSR count). The molecule has 0 aliphatic heterocycles. The largest absolute Gasteiger partial charge is 0.468 e. The van der Waals surface area contributed by atoms with Crippen LogP contribution in [0.3, 0.4) is 0 Å². The fraction of sp³-hybridized carbons (Fsp3) is 0.733. The van der Waals surface area contributed by atoms with Crippen LogP contribution in [-0.2, 0) is 11.3 Å². The predicted octanol–water partition coefficient (Wildman–Crippen LogP) is 3.21. The molecule has 1 saturated carbocycles. The highest BCUT2D eigenvalue weighted by atomic mass is 16.5. The molecule has 0 bridgehead atoms. The smallest absolute Gasteiger partial charge is 0.117 e. The van der Waals surface area contributed by atoms with Crippen LogP contribution in [0.4, 0.5) is 0 Å². The lowest BCUT2D eigenvalue weighted by Gasteiger charge is -2.52. The molecule has 1 heterocycles. The van der Waals surface area contributed by atoms with Crippen molar-refractivity contribution in [2.24, 2.45) is 11.3 Å². The first kappa shape index (κ1) is 13.6. The molecule has 3 heteroatoms. The van der Waals surface area contributed by atoms with Gasteiger partial charge in [0.1, 0.15) is 5.76 Å². The normalized spacial score (nSPS) is 26.3. The molecule has 102 valence electrons. The van der Waals surface area contributed by atoms with Crippen molar-refractivity contribution in [3.8, 4) is 0 Å². The number of hydrogen-bond donors (Lipinski definition) is 1. The number of ether oxygens (including phenoxy) is 1. The zero-order chi connectivity index (χ0) is 13.2. The second-order valence-corrected chi connectivity index (χ2v) is 6.29. The SMILES string of the molecule is CC(C)COC1CC(NCc2ccco2)C1(C)C. The first-order valence-electron chi connectivity index (χ1n) is 6.87. The minimum atomic E-state index is 0.210. The van der Waals surface area contributed by atoms with Gasteiger partial charge in [0.05, 0.1) is 18.9 Å². The second kappa shape index (κ2) is 5.45. The molecule has 18 heavy (non-hydrogen) atoms. The van der Waals surface area contributed by atoms with E-state index in [4.69, 9.17) is 9.15 Å². The Morgan fingerprint density at radius 1 is 1.50 bits per heavy atom. The first-order valence-corrected chi connectivity index (χ1v) is 6.87. The van der Waals surface area contributed by atoms with Crippen molar-refractivity contribution in [2.75, 3.05) is 6.61 Å². The third kappa shape index (κ3) is 2.96. The van der Waals surface area contributed by atoms with Crippen molar-refractivity contribution in [3.63, 3.8) is 0 Å². The molecular formula is C15H25NO2. The molecule has 1 aliphatic carbocycles. The minimum Gasteiger partial charge on any atom is -0.468 e. The number of hydrogen-bond acceptors (Lipinski definition) is 3. The van der Waals surface area contributed by atoms with E-state index in [1.165, 1.54) is 0 Å². The molecule has 0 saturated heterocycles. The highest BCUT2D eigenvalue weighted by Crippen LogP contribution is 2.43. The summed E-state index contributed by atoms with van der Waals surface area (Å²) in [5.41, 5.74) is 0.210. The molecule has 1 aliphatic rings. The van der Waals surface area contributed by atoms with E-state index in [-0.39, 0.29) is 5.41 Å². The van der Waals surface area contributed by atoms with Gasteiger partial charge in [-0.1, -0.05) is 27.7 Å². The average Bonchev–Trinajstić information content (AvgIpc) is 2.79. The molecule has 2 unspecified atom stereocenters. The van der Waals surface area contributed by atoms with Crippen molar-refractivity contribution < 1.29 is 9.15 Å². The first-order chi connectivity index (χ1) is 8.50. The monoisotopic (exact) mass is 251 g/mol. The number of furan rings is 1. The Balaban J connectivity index is 1.76. The fourth-order valence-electron chi connectivity index (χ4n) is 2.46. The van der Waals surface area contributed by atoms with Crippen LogP contribution in [0, 0.1) is 11.3 Å². The molecular weight excluding hydrogens is 226 g/mol. The Labute approximate surface area is 110 Å². The zero-order valence-electron chi connectivity index (χ0n) is 11.9. The maximum absolute atomic E-state index is 5.96. The molecule has 0 spiro atoms. The molecule has 1 fully saturated rings. The van der Waals surface area contributed by atoms with Crippen LogP contribution >= 0.6 is 0 Å². The molecule has 0 amide bonds. The Hall–Kier alpha value is -0.800. The Morgan fingerprint density at radius 2 is 2.28 bits per heavy atom. The van der Waals surface area contributed by atoms with Crippen molar-refractivity contribution in [3.05, 3.63) is 24.2 Å². The Kier molecular flexibility index (Phi) is 4.13. The van der Waals surface area contributed by atoms with E-state index in [9.17, 15) is 0 Å². The van der Waals surface area contributed by atoms with E-state index >= 15 is 0 Å². The van der Waals surface area contributed by atoms with Crippen LogP contribution in [0.25, 0.3) is 0 Å². The highest BCUT2D eigenvalue weighted by molar-refractivity contribution is 5.05. The van der Waals surface area contributed by atoms with E-state index in [1.54, 1.807) is 6.26 Å². The molecule has 2 atom stereocenters. The Bertz CT molecular complexity index is 357. The topological polar surface area (TPSA) is 34.4 Å². The Morgan fingerprint density at radius 3 is 2.83 bits per heavy atom. The third-order valence-electron chi connectivity index (χ3n) is 3.91. The van der Waals surface area contributed by atoms with Crippen LogP contribution in [0.15, 0.2) is 22.8 Å². The van der Waals surface area contributed by atoms with Crippen LogP contribution in [0.1, 0.15) is 39.9 Å². The predicted molar refractivity (Wildman–Crippen MR) is 72.3 cm³/mol. The van der Waals surface area contributed by atoms with Crippen LogP contribution in [-0.4, -0.2) is 18.8 Å². The minimum absolute atomic E-state index is 0.210. The van der Waals surface area contributed by atoms with Gasteiger partial charge < -0.3 is 14.5 Å². The number of rotatable bonds is 6. The standard InChI is InChI=1S/C15H25NO2/c1-11(2)10-18-14-8-13(15(14,3)4)16-9-12-6-5-7-17-12/h5-7,11,13-14,16H,8-10H2,1-4H3. The lowest BCUT2D eigenvalue weighted by atomic mass is 9.64. The molecule has 1 N–H and O–H groups in total. The molecule has 0 radical (unpaired) electrons. The van der Waals surface area contributed by atoms with E-state index in [2.05, 4.69) is 33.0 Å². The maximum Gasteiger partial charge on any atom is 0.117 e. The summed E-state index contributed by atoms with van der Waals surface area (Å²) in [7, 11) is 0. The summed E-state index contributed by atoms with van der Waals surface area (Å²) < 4.78 is 11.3. The third-order valence-corrected chi connectivity index (χ3v) is 3.91. The lowest BCUT2D eigenvalue weighted by molar-refractivity contribution is -0.124. The van der Waals surface area contributed by atoms with Gasteiger partial charge in [0.15, 0.2) is 0 Å². The molecule has 3 nitrogen and oxygen atoms in total. The van der Waals surface area contributed by atoms with Crippen LogP contribution in [0.5, 0.6) is 0 Å². The summed E-state index contributed by atoms with van der Waals surface area (Å²) in [6.07, 6.45) is 3.20. The lowest BCUT2D eigenvalue weighted by Crippen LogP contribution is -2.60. The molecule has 1 aromatic heterocycles. The number of nitrogens with one attached hydrogen (secondary N) is 1. The maximum atomic E-state index is 5.96. The van der Waals surface area contributed by atoms with Gasteiger partial charge in [-0.15, -0.1) is 0 Å². The van der Waals surface area contributed by atoms with E-state index in [0.717, 1.165) is 25.3 Å². The summed E-state index contributed by atoms with van der Waals surface area (Å²) in [6.45, 7) is 10.6. The quantitative estimate of drug-likeness (QED) is 0.843. The molecule has 1 aromatic rings. The van der Waals surface area contributed by atoms with Gasteiger partial charge in [0, 0.05) is 18.1 Å². The summed E-state index contributed by atoms with van der Waals surface area (Å²) in [4.78, 5) is 0.